The van der Waals surface area contributed by atoms with E-state index in [4.69, 9.17) is 16.7 Å². The van der Waals surface area contributed by atoms with Crippen LogP contribution in [0.5, 0.6) is 0 Å². The number of aromatic nitrogens is 2. The summed E-state index contributed by atoms with van der Waals surface area (Å²) in [4.78, 5) is 9.52. The fourth-order valence-electron chi connectivity index (χ4n) is 4.28. The van der Waals surface area contributed by atoms with Gasteiger partial charge in [0.1, 0.15) is 23.9 Å². The third-order valence-electron chi connectivity index (χ3n) is 6.24. The summed E-state index contributed by atoms with van der Waals surface area (Å²) in [5.74, 6) is -0.0381. The highest BCUT2D eigenvalue weighted by atomic mass is 35.5. The fraction of sp³-hybridized carbons (Fsp3) is 0.391. The Morgan fingerprint density at radius 3 is 2.83 bits per heavy atom. The number of nitrogens with zero attached hydrogens (tertiary/aromatic N) is 2. The van der Waals surface area contributed by atoms with Crippen molar-refractivity contribution in [2.45, 2.75) is 43.6 Å². The van der Waals surface area contributed by atoms with Gasteiger partial charge in [-0.05, 0) is 49.6 Å². The van der Waals surface area contributed by atoms with Crippen molar-refractivity contribution < 1.29 is 27.9 Å². The number of benzene rings is 1. The Hall–Kier alpha value is -2.16. The highest BCUT2D eigenvalue weighted by Gasteiger charge is 2.35. The Balaban J connectivity index is 1.50. The quantitative estimate of drug-likeness (QED) is 0.266. The summed E-state index contributed by atoms with van der Waals surface area (Å²) in [5.41, 5.74) is -0.258. The molecule has 194 valence electrons. The number of hydrogen-bond acceptors (Lipinski definition) is 10. The van der Waals surface area contributed by atoms with Crippen LogP contribution in [-0.4, -0.2) is 52.5 Å². The summed E-state index contributed by atoms with van der Waals surface area (Å²) >= 11 is 7.35. The number of thiophene rings is 1. The average molecular weight is 555 g/mol. The molecule has 5 atom stereocenters. The molecule has 10 nitrogen and oxygen atoms in total. The van der Waals surface area contributed by atoms with Crippen molar-refractivity contribution in [1.82, 2.24) is 9.97 Å². The lowest BCUT2D eigenvalue weighted by atomic mass is 9.94. The van der Waals surface area contributed by atoms with E-state index >= 15 is 0 Å². The van der Waals surface area contributed by atoms with Crippen molar-refractivity contribution in [3.05, 3.63) is 74.8 Å². The lowest BCUT2D eigenvalue weighted by molar-refractivity contribution is 0.101. The minimum absolute atomic E-state index is 0.220. The molecule has 2 unspecified atom stereocenters. The minimum atomic E-state index is -4.10. The molecule has 0 bridgehead atoms. The maximum absolute atomic E-state index is 11.2. The molecule has 3 aromatic rings. The van der Waals surface area contributed by atoms with Crippen molar-refractivity contribution >= 4 is 39.1 Å². The molecule has 0 amide bonds. The summed E-state index contributed by atoms with van der Waals surface area (Å²) in [6.07, 6.45) is 1.74. The summed E-state index contributed by atoms with van der Waals surface area (Å²) in [6.45, 7) is 1.45. The molecule has 36 heavy (non-hydrogen) atoms. The molecule has 1 aliphatic carbocycles. The number of nitrogens with one attached hydrogen (secondary N) is 1. The van der Waals surface area contributed by atoms with Gasteiger partial charge in [0.15, 0.2) is 0 Å². The van der Waals surface area contributed by atoms with Crippen LogP contribution in [0.2, 0.25) is 5.02 Å². The zero-order chi connectivity index (χ0) is 26.1. The maximum atomic E-state index is 11.2. The van der Waals surface area contributed by atoms with Crippen LogP contribution in [0, 0.1) is 5.92 Å². The topological polar surface area (TPSA) is 168 Å². The summed E-state index contributed by atoms with van der Waals surface area (Å²) < 4.78 is 26.8. The molecule has 6 N–H and O–H groups in total. The molecule has 2 aromatic heterocycles. The lowest BCUT2D eigenvalue weighted by Gasteiger charge is -2.23. The number of nitrogens with two attached hydrogens (primary N) is 1. The molecule has 0 spiro atoms. The van der Waals surface area contributed by atoms with Gasteiger partial charge in [0, 0.05) is 38.5 Å². The third-order valence-corrected chi connectivity index (χ3v) is 8.29. The summed E-state index contributed by atoms with van der Waals surface area (Å²) in [7, 11) is -4.10. The van der Waals surface area contributed by atoms with Gasteiger partial charge in [-0.2, -0.15) is 8.42 Å². The van der Waals surface area contributed by atoms with Crippen molar-refractivity contribution in [3.63, 3.8) is 0 Å². The molecular weight excluding hydrogens is 528 g/mol. The molecule has 0 radical (unpaired) electrons. The van der Waals surface area contributed by atoms with E-state index in [2.05, 4.69) is 19.5 Å². The Morgan fingerprint density at radius 1 is 1.33 bits per heavy atom. The second-order valence-corrected chi connectivity index (χ2v) is 11.7. The standard InChI is InChI=1S/C23H27ClN4O6S2/c1-23(31,14-3-2-4-15(24)8-14)20-6-5-19(35-20)21(30)17-10-26-12-27-22(17)28-16-7-13(18(29)9-16)11-34-36(25,32)33/h2-6,8,10,12-13,16,18,21,29-31H,7,9,11H2,1H3,(H2,25,32,33)(H,26,27,28)/t13-,16-,18+,21?,23?/m1/s1. The highest BCUT2D eigenvalue weighted by molar-refractivity contribution is 7.84. The van der Waals surface area contributed by atoms with Crippen LogP contribution < -0.4 is 10.5 Å². The molecule has 4 rings (SSSR count). The Kier molecular flexibility index (Phi) is 7.98. The second-order valence-electron chi connectivity index (χ2n) is 8.93. The smallest absolute Gasteiger partial charge is 0.333 e. The second kappa shape index (κ2) is 10.7. The van der Waals surface area contributed by atoms with Gasteiger partial charge >= 0.3 is 10.3 Å². The first kappa shape index (κ1) is 26.9. The van der Waals surface area contributed by atoms with Gasteiger partial charge in [-0.1, -0.05) is 23.7 Å². The Labute approximate surface area is 218 Å². The Bertz CT molecular complexity index is 1320. The van der Waals surface area contributed by atoms with Crippen LogP contribution in [0.4, 0.5) is 5.82 Å². The molecule has 0 saturated heterocycles. The van der Waals surface area contributed by atoms with E-state index in [-0.39, 0.29) is 12.6 Å². The molecule has 0 aliphatic heterocycles. The van der Waals surface area contributed by atoms with E-state index in [1.165, 1.54) is 23.9 Å². The number of aliphatic hydroxyl groups is 3. The molecular formula is C23H27ClN4O6S2. The van der Waals surface area contributed by atoms with Gasteiger partial charge in [0.2, 0.25) is 0 Å². The number of rotatable bonds is 9. The van der Waals surface area contributed by atoms with Crippen LogP contribution in [0.25, 0.3) is 0 Å². The number of anilines is 1. The Morgan fingerprint density at radius 2 is 2.11 bits per heavy atom. The first-order valence-electron chi connectivity index (χ1n) is 11.1. The lowest BCUT2D eigenvalue weighted by Crippen LogP contribution is -2.24. The van der Waals surface area contributed by atoms with E-state index in [1.54, 1.807) is 43.3 Å². The number of aliphatic hydroxyl groups excluding tert-OH is 2. The SMILES string of the molecule is CC(O)(c1cccc(Cl)c1)c1ccc(C(O)c2cncnc2N[C@@H]2C[C@H](COS(N)(=O)=O)[C@@H](O)C2)s1. The molecule has 1 aliphatic rings. The van der Waals surface area contributed by atoms with Gasteiger partial charge in [-0.25, -0.2) is 15.1 Å². The average Bonchev–Trinajstić information content (AvgIpc) is 3.44. The zero-order valence-electron chi connectivity index (χ0n) is 19.3. The monoisotopic (exact) mass is 554 g/mol. The van der Waals surface area contributed by atoms with Crippen molar-refractivity contribution in [2.75, 3.05) is 11.9 Å². The molecule has 2 heterocycles. The van der Waals surface area contributed by atoms with Crippen LogP contribution in [-0.2, 0) is 20.1 Å². The van der Waals surface area contributed by atoms with E-state index in [1.807, 2.05) is 0 Å². The van der Waals surface area contributed by atoms with E-state index < -0.39 is 34.0 Å². The first-order valence-corrected chi connectivity index (χ1v) is 13.8. The van der Waals surface area contributed by atoms with Crippen LogP contribution >= 0.6 is 22.9 Å². The largest absolute Gasteiger partial charge is 0.393 e. The van der Waals surface area contributed by atoms with Crippen molar-refractivity contribution in [3.8, 4) is 0 Å². The molecule has 1 aromatic carbocycles. The zero-order valence-corrected chi connectivity index (χ0v) is 21.7. The van der Waals surface area contributed by atoms with Crippen molar-refractivity contribution in [1.29, 1.82) is 0 Å². The van der Waals surface area contributed by atoms with Crippen LogP contribution in [0.3, 0.4) is 0 Å². The highest BCUT2D eigenvalue weighted by Crippen LogP contribution is 2.39. The van der Waals surface area contributed by atoms with Gasteiger partial charge in [-0.15, -0.1) is 11.3 Å². The summed E-state index contributed by atoms with van der Waals surface area (Å²) in [6, 6.07) is 10.2. The fourth-order valence-corrected chi connectivity index (χ4v) is 5.92. The van der Waals surface area contributed by atoms with Gasteiger partial charge in [0.25, 0.3) is 0 Å². The normalized spacial score (nSPS) is 22.8. The molecule has 1 fully saturated rings. The molecule has 13 heteroatoms. The maximum Gasteiger partial charge on any atom is 0.333 e. The number of halogens is 1. The van der Waals surface area contributed by atoms with E-state index in [0.29, 0.717) is 44.6 Å². The van der Waals surface area contributed by atoms with Gasteiger partial charge < -0.3 is 20.6 Å². The van der Waals surface area contributed by atoms with Crippen molar-refractivity contribution in [2.24, 2.45) is 11.1 Å². The van der Waals surface area contributed by atoms with Crippen LogP contribution in [0.1, 0.15) is 46.8 Å². The predicted octanol–water partition coefficient (Wildman–Crippen LogP) is 2.30. The predicted molar refractivity (Wildman–Crippen MR) is 136 cm³/mol. The first-order chi connectivity index (χ1) is 16.9. The third kappa shape index (κ3) is 6.21. The number of hydrogen-bond donors (Lipinski definition) is 5. The van der Waals surface area contributed by atoms with E-state index in [9.17, 15) is 23.7 Å². The van der Waals surface area contributed by atoms with E-state index in [0.717, 1.165) is 0 Å². The molecule has 1 saturated carbocycles. The van der Waals surface area contributed by atoms with Gasteiger partial charge in [0.05, 0.1) is 12.7 Å². The van der Waals surface area contributed by atoms with Crippen LogP contribution in [0.15, 0.2) is 48.9 Å². The summed E-state index contributed by atoms with van der Waals surface area (Å²) in [5, 5.41) is 41.3. The minimum Gasteiger partial charge on any atom is -0.393 e. The van der Waals surface area contributed by atoms with Gasteiger partial charge in [-0.3, -0.25) is 4.18 Å².